The summed E-state index contributed by atoms with van der Waals surface area (Å²) in [6.45, 7) is 1.82. The maximum atomic E-state index is 13.6. The molecule has 2 aromatic carbocycles. The summed E-state index contributed by atoms with van der Waals surface area (Å²) in [4.78, 5) is 17.2. The summed E-state index contributed by atoms with van der Waals surface area (Å²) in [5, 5.41) is 2.76. The second-order valence-electron chi connectivity index (χ2n) is 4.85. The van der Waals surface area contributed by atoms with Gasteiger partial charge in [0.1, 0.15) is 17.2 Å². The Balaban J connectivity index is 1.88. The van der Waals surface area contributed by atoms with E-state index in [1.165, 1.54) is 17.4 Å². The Morgan fingerprint density at radius 3 is 2.35 bits per heavy atom. The maximum Gasteiger partial charge on any atom is 0.263 e. The van der Waals surface area contributed by atoms with Crippen LogP contribution in [-0.2, 0) is 0 Å². The van der Waals surface area contributed by atoms with Gasteiger partial charge in [-0.05, 0) is 24.6 Å². The summed E-state index contributed by atoms with van der Waals surface area (Å²) in [6, 6.07) is 12.9. The first kappa shape index (κ1) is 15.3. The summed E-state index contributed by atoms with van der Waals surface area (Å²) < 4.78 is 27.3. The highest BCUT2D eigenvalue weighted by atomic mass is 32.1. The molecule has 0 saturated carbocycles. The molecule has 23 heavy (non-hydrogen) atoms. The molecule has 3 nitrogen and oxygen atoms in total. The number of rotatable bonds is 3. The lowest BCUT2D eigenvalue weighted by atomic mass is 10.2. The number of nitrogens with one attached hydrogen (secondary N) is 1. The normalized spacial score (nSPS) is 10.6. The molecule has 1 heterocycles. The van der Waals surface area contributed by atoms with Crippen LogP contribution in [0.4, 0.5) is 13.9 Å². The monoisotopic (exact) mass is 330 g/mol. The van der Waals surface area contributed by atoms with Crippen molar-refractivity contribution in [3.8, 4) is 10.4 Å². The van der Waals surface area contributed by atoms with E-state index in [2.05, 4.69) is 10.3 Å². The quantitative estimate of drug-likeness (QED) is 0.759. The van der Waals surface area contributed by atoms with Gasteiger partial charge in [-0.1, -0.05) is 47.7 Å². The number of hydrogen-bond acceptors (Lipinski definition) is 3. The summed E-state index contributed by atoms with van der Waals surface area (Å²) in [7, 11) is 0. The van der Waals surface area contributed by atoms with Gasteiger partial charge < -0.3 is 0 Å². The van der Waals surface area contributed by atoms with Gasteiger partial charge in [-0.25, -0.2) is 13.8 Å². The van der Waals surface area contributed by atoms with Crippen LogP contribution in [0.1, 0.15) is 16.1 Å². The Morgan fingerprint density at radius 1 is 1.04 bits per heavy atom. The summed E-state index contributed by atoms with van der Waals surface area (Å²) in [5.74, 6) is -2.66. The van der Waals surface area contributed by atoms with Gasteiger partial charge in [-0.15, -0.1) is 0 Å². The summed E-state index contributed by atoms with van der Waals surface area (Å²) >= 11 is 1.26. The van der Waals surface area contributed by atoms with Crippen LogP contribution in [0.25, 0.3) is 10.4 Å². The van der Waals surface area contributed by atoms with Crippen molar-refractivity contribution in [2.24, 2.45) is 0 Å². The number of aryl methyl sites for hydroxylation is 1. The third kappa shape index (κ3) is 3.12. The first-order valence-electron chi connectivity index (χ1n) is 6.84. The van der Waals surface area contributed by atoms with Gasteiger partial charge in [-0.2, -0.15) is 0 Å². The number of anilines is 1. The van der Waals surface area contributed by atoms with Crippen molar-refractivity contribution in [1.29, 1.82) is 0 Å². The van der Waals surface area contributed by atoms with E-state index in [9.17, 15) is 13.6 Å². The molecular formula is C17H12F2N2OS. The van der Waals surface area contributed by atoms with E-state index in [-0.39, 0.29) is 0 Å². The Hall–Kier alpha value is -2.60. The van der Waals surface area contributed by atoms with Crippen LogP contribution >= 0.6 is 11.3 Å². The highest BCUT2D eigenvalue weighted by molar-refractivity contribution is 7.19. The second-order valence-corrected chi connectivity index (χ2v) is 5.85. The fourth-order valence-electron chi connectivity index (χ4n) is 2.18. The highest BCUT2D eigenvalue weighted by Gasteiger charge is 2.19. The Labute approximate surface area is 135 Å². The van der Waals surface area contributed by atoms with Crippen LogP contribution in [-0.4, -0.2) is 10.9 Å². The van der Waals surface area contributed by atoms with Crippen LogP contribution in [0.15, 0.2) is 48.5 Å². The van der Waals surface area contributed by atoms with E-state index in [4.69, 9.17) is 0 Å². The second kappa shape index (κ2) is 6.26. The molecule has 0 radical (unpaired) electrons. The molecule has 1 aromatic heterocycles. The number of benzene rings is 2. The fraction of sp³-hybridized carbons (Fsp3) is 0.0588. The third-order valence-electron chi connectivity index (χ3n) is 3.24. The van der Waals surface area contributed by atoms with Crippen molar-refractivity contribution in [3.63, 3.8) is 0 Å². The number of nitrogens with zero attached hydrogens (tertiary/aromatic N) is 1. The van der Waals surface area contributed by atoms with E-state index in [0.29, 0.717) is 5.13 Å². The van der Waals surface area contributed by atoms with Gasteiger partial charge in [0.25, 0.3) is 5.91 Å². The average Bonchev–Trinajstić information content (AvgIpc) is 2.88. The van der Waals surface area contributed by atoms with Gasteiger partial charge in [-0.3, -0.25) is 10.1 Å². The zero-order chi connectivity index (χ0) is 16.4. The third-order valence-corrected chi connectivity index (χ3v) is 4.36. The number of amides is 1. The van der Waals surface area contributed by atoms with Crippen LogP contribution in [0.2, 0.25) is 0 Å². The Kier molecular flexibility index (Phi) is 4.16. The van der Waals surface area contributed by atoms with Gasteiger partial charge in [0, 0.05) is 0 Å². The van der Waals surface area contributed by atoms with E-state index in [0.717, 1.165) is 28.3 Å². The van der Waals surface area contributed by atoms with Crippen LogP contribution in [0.5, 0.6) is 0 Å². The molecule has 0 saturated heterocycles. The topological polar surface area (TPSA) is 42.0 Å². The molecule has 3 rings (SSSR count). The number of hydrogen-bond donors (Lipinski definition) is 1. The zero-order valence-electron chi connectivity index (χ0n) is 12.1. The number of halogens is 2. The maximum absolute atomic E-state index is 13.6. The lowest BCUT2D eigenvalue weighted by Gasteiger charge is -2.04. The molecule has 0 aliphatic heterocycles. The standard InChI is InChI=1S/C17H12F2N2OS/c1-10-15(11-6-3-2-4-7-11)23-17(20-10)21-16(22)14-12(18)8-5-9-13(14)19/h2-9H,1H3,(H,20,21,22). The number of carbonyl (C=O) groups is 1. The molecule has 3 aromatic rings. The molecule has 0 bridgehead atoms. The smallest absolute Gasteiger partial charge is 0.263 e. The summed E-state index contributed by atoms with van der Waals surface area (Å²) in [5.41, 5.74) is 1.10. The molecule has 116 valence electrons. The number of aromatic nitrogens is 1. The number of thiazole rings is 1. The lowest BCUT2D eigenvalue weighted by Crippen LogP contribution is -2.15. The van der Waals surface area contributed by atoms with E-state index >= 15 is 0 Å². The van der Waals surface area contributed by atoms with Crippen molar-refractivity contribution < 1.29 is 13.6 Å². The molecular weight excluding hydrogens is 318 g/mol. The Morgan fingerprint density at radius 2 is 1.70 bits per heavy atom. The predicted molar refractivity (Wildman–Crippen MR) is 86.6 cm³/mol. The first-order valence-corrected chi connectivity index (χ1v) is 7.66. The molecule has 0 atom stereocenters. The minimum Gasteiger partial charge on any atom is -0.298 e. The SMILES string of the molecule is Cc1nc(NC(=O)c2c(F)cccc2F)sc1-c1ccccc1. The van der Waals surface area contributed by atoms with Crippen molar-refractivity contribution >= 4 is 22.4 Å². The van der Waals surface area contributed by atoms with Crippen LogP contribution in [0.3, 0.4) is 0 Å². The van der Waals surface area contributed by atoms with Gasteiger partial charge in [0.2, 0.25) is 0 Å². The molecule has 1 N–H and O–H groups in total. The van der Waals surface area contributed by atoms with E-state index in [1.807, 2.05) is 37.3 Å². The van der Waals surface area contributed by atoms with Gasteiger partial charge in [0.15, 0.2) is 5.13 Å². The minimum absolute atomic E-state index is 0.300. The summed E-state index contributed by atoms with van der Waals surface area (Å²) in [6.07, 6.45) is 0. The molecule has 0 aliphatic carbocycles. The van der Waals surface area contributed by atoms with E-state index < -0.39 is 23.1 Å². The van der Waals surface area contributed by atoms with Crippen LogP contribution < -0.4 is 5.32 Å². The average molecular weight is 330 g/mol. The molecule has 1 amide bonds. The molecule has 0 unspecified atom stereocenters. The Bertz CT molecular complexity index is 842. The fourth-order valence-corrected chi connectivity index (χ4v) is 3.15. The molecule has 0 spiro atoms. The predicted octanol–water partition coefficient (Wildman–Crippen LogP) is 4.65. The van der Waals surface area contributed by atoms with Crippen molar-refractivity contribution in [1.82, 2.24) is 4.98 Å². The van der Waals surface area contributed by atoms with Crippen molar-refractivity contribution in [3.05, 3.63) is 71.4 Å². The van der Waals surface area contributed by atoms with Crippen molar-refractivity contribution in [2.45, 2.75) is 6.92 Å². The highest BCUT2D eigenvalue weighted by Crippen LogP contribution is 2.32. The van der Waals surface area contributed by atoms with Gasteiger partial charge in [0.05, 0.1) is 10.6 Å². The number of carbonyl (C=O) groups excluding carboxylic acids is 1. The largest absolute Gasteiger partial charge is 0.298 e. The van der Waals surface area contributed by atoms with Gasteiger partial charge >= 0.3 is 0 Å². The molecule has 6 heteroatoms. The molecule has 0 fully saturated rings. The van der Waals surface area contributed by atoms with E-state index in [1.54, 1.807) is 0 Å². The minimum atomic E-state index is -0.904. The van der Waals surface area contributed by atoms with Crippen molar-refractivity contribution in [2.75, 3.05) is 5.32 Å². The lowest BCUT2D eigenvalue weighted by molar-refractivity contribution is 0.101. The zero-order valence-corrected chi connectivity index (χ0v) is 13.0. The van der Waals surface area contributed by atoms with Crippen LogP contribution in [0, 0.1) is 18.6 Å². The first-order chi connectivity index (χ1) is 11.1. The molecule has 0 aliphatic rings.